The highest BCUT2D eigenvalue weighted by molar-refractivity contribution is 5.09. The van der Waals surface area contributed by atoms with E-state index >= 15 is 0 Å². The molecule has 0 saturated heterocycles. The van der Waals surface area contributed by atoms with Crippen molar-refractivity contribution in [1.82, 2.24) is 0 Å². The second-order valence-corrected chi connectivity index (χ2v) is 7.03. The summed E-state index contributed by atoms with van der Waals surface area (Å²) in [6.45, 7) is 6.95. The van der Waals surface area contributed by atoms with Crippen LogP contribution in [0.3, 0.4) is 0 Å². The van der Waals surface area contributed by atoms with Crippen LogP contribution < -0.4 is 0 Å². The molecular formula is C16H26O2. The molecular weight excluding hydrogens is 224 g/mol. The van der Waals surface area contributed by atoms with Crippen LogP contribution in [-0.4, -0.2) is 10.7 Å². The largest absolute Gasteiger partial charge is 0.472 e. The first-order chi connectivity index (χ1) is 8.39. The molecule has 2 nitrogen and oxygen atoms in total. The Kier molecular flexibility index (Phi) is 3.86. The van der Waals surface area contributed by atoms with Crippen molar-refractivity contribution >= 4 is 0 Å². The van der Waals surface area contributed by atoms with Gasteiger partial charge in [0.1, 0.15) is 0 Å². The van der Waals surface area contributed by atoms with E-state index in [1.807, 2.05) is 6.07 Å². The molecule has 1 aromatic heterocycles. The van der Waals surface area contributed by atoms with E-state index in [1.54, 1.807) is 12.5 Å². The average Bonchev–Trinajstić information content (AvgIpc) is 2.65. The normalized spacial score (nSPS) is 30.1. The second kappa shape index (κ2) is 5.08. The van der Waals surface area contributed by atoms with Gasteiger partial charge in [0.25, 0.3) is 0 Å². The molecule has 1 N–H and O–H groups in total. The Balaban J connectivity index is 1.99. The molecule has 1 aliphatic carbocycles. The molecule has 1 aliphatic rings. The zero-order chi connectivity index (χ0) is 13.2. The summed E-state index contributed by atoms with van der Waals surface area (Å²) in [6.07, 6.45) is 9.54. The molecule has 102 valence electrons. The van der Waals surface area contributed by atoms with E-state index in [4.69, 9.17) is 4.42 Å². The summed E-state index contributed by atoms with van der Waals surface area (Å²) in [5.41, 5.74) is 0.955. The molecule has 0 radical (unpaired) electrons. The Hall–Kier alpha value is -0.760. The maximum Gasteiger partial charge on any atom is 0.0935 e. The molecule has 1 fully saturated rings. The molecule has 2 unspecified atom stereocenters. The van der Waals surface area contributed by atoms with Crippen molar-refractivity contribution in [3.8, 4) is 0 Å². The highest BCUT2D eigenvalue weighted by atomic mass is 16.3. The summed E-state index contributed by atoms with van der Waals surface area (Å²) in [7, 11) is 0. The van der Waals surface area contributed by atoms with Gasteiger partial charge in [-0.2, -0.15) is 0 Å². The van der Waals surface area contributed by atoms with Gasteiger partial charge in [-0.25, -0.2) is 0 Å². The minimum Gasteiger partial charge on any atom is -0.472 e. The Morgan fingerprint density at radius 1 is 1.33 bits per heavy atom. The third-order valence-corrected chi connectivity index (χ3v) is 4.49. The molecule has 0 aromatic carbocycles. The standard InChI is InChI=1S/C16H26O2/c1-15(2,3)14-5-4-8-16(17,9-6-14)11-13-7-10-18-12-13/h7,10,12,14,17H,4-6,8-9,11H2,1-3H3. The summed E-state index contributed by atoms with van der Waals surface area (Å²) in [5, 5.41) is 10.8. The molecule has 0 spiro atoms. The lowest BCUT2D eigenvalue weighted by atomic mass is 9.76. The maximum absolute atomic E-state index is 10.8. The summed E-state index contributed by atoms with van der Waals surface area (Å²) in [5.74, 6) is 0.732. The van der Waals surface area contributed by atoms with Gasteiger partial charge in [0.05, 0.1) is 18.1 Å². The molecule has 18 heavy (non-hydrogen) atoms. The Morgan fingerprint density at radius 3 is 2.72 bits per heavy atom. The fourth-order valence-electron chi connectivity index (χ4n) is 3.21. The van der Waals surface area contributed by atoms with Gasteiger partial charge in [0.15, 0.2) is 0 Å². The van der Waals surface area contributed by atoms with E-state index in [0.29, 0.717) is 5.41 Å². The van der Waals surface area contributed by atoms with Gasteiger partial charge < -0.3 is 9.52 Å². The van der Waals surface area contributed by atoms with Crippen molar-refractivity contribution in [1.29, 1.82) is 0 Å². The maximum atomic E-state index is 10.8. The van der Waals surface area contributed by atoms with Crippen LogP contribution in [0.25, 0.3) is 0 Å². The number of aliphatic hydroxyl groups is 1. The summed E-state index contributed by atoms with van der Waals surface area (Å²) < 4.78 is 5.10. The first kappa shape index (κ1) is 13.7. The predicted molar refractivity (Wildman–Crippen MR) is 73.4 cm³/mol. The van der Waals surface area contributed by atoms with Crippen LogP contribution >= 0.6 is 0 Å². The zero-order valence-corrected chi connectivity index (χ0v) is 11.9. The molecule has 1 saturated carbocycles. The van der Waals surface area contributed by atoms with Crippen LogP contribution in [0.2, 0.25) is 0 Å². The van der Waals surface area contributed by atoms with E-state index in [2.05, 4.69) is 20.8 Å². The van der Waals surface area contributed by atoms with Crippen LogP contribution in [0, 0.1) is 11.3 Å². The highest BCUT2D eigenvalue weighted by Gasteiger charge is 2.34. The number of rotatable bonds is 2. The number of hydrogen-bond acceptors (Lipinski definition) is 2. The number of furan rings is 1. The van der Waals surface area contributed by atoms with Gasteiger partial charge in [-0.15, -0.1) is 0 Å². The van der Waals surface area contributed by atoms with Crippen LogP contribution in [-0.2, 0) is 6.42 Å². The predicted octanol–water partition coefficient (Wildman–Crippen LogP) is 4.18. The molecule has 2 rings (SSSR count). The van der Waals surface area contributed by atoms with Crippen LogP contribution in [0.15, 0.2) is 23.0 Å². The third-order valence-electron chi connectivity index (χ3n) is 4.49. The average molecular weight is 250 g/mol. The molecule has 1 heterocycles. The number of hydrogen-bond donors (Lipinski definition) is 1. The topological polar surface area (TPSA) is 33.4 Å². The molecule has 0 bridgehead atoms. The monoisotopic (exact) mass is 250 g/mol. The summed E-state index contributed by atoms with van der Waals surface area (Å²) in [4.78, 5) is 0. The third kappa shape index (κ3) is 3.38. The van der Waals surface area contributed by atoms with E-state index in [1.165, 1.54) is 6.42 Å². The minimum atomic E-state index is -0.524. The van der Waals surface area contributed by atoms with Gasteiger partial charge in [-0.3, -0.25) is 0 Å². The van der Waals surface area contributed by atoms with E-state index in [-0.39, 0.29) is 0 Å². The Morgan fingerprint density at radius 2 is 2.11 bits per heavy atom. The van der Waals surface area contributed by atoms with Crippen molar-refractivity contribution in [2.75, 3.05) is 0 Å². The Bertz CT molecular complexity index is 361. The summed E-state index contributed by atoms with van der Waals surface area (Å²) in [6, 6.07) is 1.96. The second-order valence-electron chi connectivity index (χ2n) is 7.03. The fraction of sp³-hybridized carbons (Fsp3) is 0.750. The quantitative estimate of drug-likeness (QED) is 0.799. The van der Waals surface area contributed by atoms with Gasteiger partial charge in [-0.05, 0) is 48.6 Å². The zero-order valence-electron chi connectivity index (χ0n) is 11.9. The van der Waals surface area contributed by atoms with Gasteiger partial charge >= 0.3 is 0 Å². The first-order valence-corrected chi connectivity index (χ1v) is 7.13. The van der Waals surface area contributed by atoms with E-state index < -0.39 is 5.60 Å². The van der Waals surface area contributed by atoms with Crippen molar-refractivity contribution in [2.24, 2.45) is 11.3 Å². The van der Waals surface area contributed by atoms with Crippen LogP contribution in [0.4, 0.5) is 0 Å². The molecule has 0 aliphatic heterocycles. The minimum absolute atomic E-state index is 0.362. The fourth-order valence-corrected chi connectivity index (χ4v) is 3.21. The van der Waals surface area contributed by atoms with E-state index in [0.717, 1.165) is 43.6 Å². The van der Waals surface area contributed by atoms with Gasteiger partial charge in [-0.1, -0.05) is 27.2 Å². The summed E-state index contributed by atoms with van der Waals surface area (Å²) >= 11 is 0. The SMILES string of the molecule is CC(C)(C)C1CCCC(O)(Cc2ccoc2)CC1. The molecule has 1 aromatic rings. The van der Waals surface area contributed by atoms with Crippen LogP contribution in [0.1, 0.15) is 58.4 Å². The molecule has 2 heteroatoms. The lowest BCUT2D eigenvalue weighted by Crippen LogP contribution is -2.31. The lowest BCUT2D eigenvalue weighted by Gasteiger charge is -2.31. The van der Waals surface area contributed by atoms with Crippen molar-refractivity contribution in [2.45, 2.75) is 64.9 Å². The van der Waals surface area contributed by atoms with Gasteiger partial charge in [0.2, 0.25) is 0 Å². The first-order valence-electron chi connectivity index (χ1n) is 7.13. The molecule has 2 atom stereocenters. The van der Waals surface area contributed by atoms with Crippen molar-refractivity contribution < 1.29 is 9.52 Å². The Labute approximate surface area is 110 Å². The van der Waals surface area contributed by atoms with E-state index in [9.17, 15) is 5.11 Å². The van der Waals surface area contributed by atoms with Crippen LogP contribution in [0.5, 0.6) is 0 Å². The smallest absolute Gasteiger partial charge is 0.0935 e. The van der Waals surface area contributed by atoms with Gasteiger partial charge in [0, 0.05) is 6.42 Å². The lowest BCUT2D eigenvalue weighted by molar-refractivity contribution is 0.0224. The molecule has 0 amide bonds. The van der Waals surface area contributed by atoms with Crippen molar-refractivity contribution in [3.63, 3.8) is 0 Å². The highest BCUT2D eigenvalue weighted by Crippen LogP contribution is 2.40. The van der Waals surface area contributed by atoms with Crippen molar-refractivity contribution in [3.05, 3.63) is 24.2 Å².